The summed E-state index contributed by atoms with van der Waals surface area (Å²) in [7, 11) is 0. The van der Waals surface area contributed by atoms with E-state index < -0.39 is 0 Å². The van der Waals surface area contributed by atoms with Crippen LogP contribution in [0.5, 0.6) is 5.75 Å². The number of aromatic hydroxyl groups is 1. The van der Waals surface area contributed by atoms with Crippen LogP contribution < -0.4 is 5.63 Å². The average molecular weight is 303 g/mol. The topological polar surface area (TPSA) is 53.7 Å². The summed E-state index contributed by atoms with van der Waals surface area (Å²) in [5.74, 6) is 0.194. The van der Waals surface area contributed by atoms with Crippen molar-refractivity contribution >= 4 is 11.0 Å². The molecule has 120 valence electrons. The van der Waals surface area contributed by atoms with Crippen LogP contribution >= 0.6 is 0 Å². The summed E-state index contributed by atoms with van der Waals surface area (Å²) < 4.78 is 5.34. The van der Waals surface area contributed by atoms with Gasteiger partial charge in [0.15, 0.2) is 0 Å². The van der Waals surface area contributed by atoms with E-state index in [1.54, 1.807) is 18.2 Å². The first-order valence-corrected chi connectivity index (χ1v) is 8.12. The minimum Gasteiger partial charge on any atom is -0.507 e. The smallest absolute Gasteiger partial charge is 0.336 e. The van der Waals surface area contributed by atoms with Crippen LogP contribution in [0.2, 0.25) is 0 Å². The standard InChI is InChI=1S/C18H25NO3/c1-3-5-11-19(12-6-4-2)13-15-16(20)9-7-14-8-10-17(21)22-18(14)15/h7-10,20H,3-6,11-13H2,1-2H3. The highest BCUT2D eigenvalue weighted by molar-refractivity contribution is 5.81. The molecular formula is C18H25NO3. The molecule has 0 fully saturated rings. The predicted octanol–water partition coefficient (Wildman–Crippen LogP) is 3.90. The zero-order valence-corrected chi connectivity index (χ0v) is 13.5. The molecule has 0 spiro atoms. The Kier molecular flexibility index (Phi) is 6.01. The van der Waals surface area contributed by atoms with Crippen molar-refractivity contribution in [1.29, 1.82) is 0 Å². The number of phenolic OH excluding ortho intramolecular Hbond substituents is 1. The molecule has 2 rings (SSSR count). The maximum absolute atomic E-state index is 11.5. The van der Waals surface area contributed by atoms with Crippen molar-refractivity contribution in [3.8, 4) is 5.75 Å². The van der Waals surface area contributed by atoms with Crippen LogP contribution in [0.4, 0.5) is 0 Å². The van der Waals surface area contributed by atoms with Gasteiger partial charge in [0.2, 0.25) is 0 Å². The Morgan fingerprint density at radius 2 is 1.68 bits per heavy atom. The highest BCUT2D eigenvalue weighted by atomic mass is 16.4. The molecule has 0 aliphatic carbocycles. The molecule has 0 aliphatic heterocycles. The van der Waals surface area contributed by atoms with E-state index in [2.05, 4.69) is 18.7 Å². The van der Waals surface area contributed by atoms with Crippen molar-refractivity contribution in [1.82, 2.24) is 4.90 Å². The quantitative estimate of drug-likeness (QED) is 0.751. The van der Waals surface area contributed by atoms with E-state index in [1.807, 2.05) is 0 Å². The Morgan fingerprint density at radius 1 is 1.05 bits per heavy atom. The lowest BCUT2D eigenvalue weighted by molar-refractivity contribution is 0.253. The summed E-state index contributed by atoms with van der Waals surface area (Å²) in [6.45, 7) is 6.93. The lowest BCUT2D eigenvalue weighted by Gasteiger charge is -2.22. The van der Waals surface area contributed by atoms with Gasteiger partial charge in [-0.25, -0.2) is 4.79 Å². The number of benzene rings is 1. The molecule has 0 saturated heterocycles. The number of rotatable bonds is 8. The number of phenols is 1. The van der Waals surface area contributed by atoms with E-state index in [0.717, 1.165) is 44.2 Å². The maximum atomic E-state index is 11.5. The molecule has 4 heteroatoms. The van der Waals surface area contributed by atoms with Crippen LogP contribution in [0.25, 0.3) is 11.0 Å². The van der Waals surface area contributed by atoms with Crippen molar-refractivity contribution in [3.63, 3.8) is 0 Å². The number of hydrogen-bond acceptors (Lipinski definition) is 4. The van der Waals surface area contributed by atoms with E-state index in [1.165, 1.54) is 6.07 Å². The van der Waals surface area contributed by atoms with Crippen molar-refractivity contribution in [2.75, 3.05) is 13.1 Å². The Hall–Kier alpha value is -1.81. The summed E-state index contributed by atoms with van der Waals surface area (Å²) in [5, 5.41) is 11.1. The highest BCUT2D eigenvalue weighted by Gasteiger charge is 2.14. The second kappa shape index (κ2) is 7.99. The Balaban J connectivity index is 2.32. The third-order valence-corrected chi connectivity index (χ3v) is 3.91. The number of fused-ring (bicyclic) bond motifs is 1. The van der Waals surface area contributed by atoms with Crippen LogP contribution in [-0.2, 0) is 6.54 Å². The first-order chi connectivity index (χ1) is 10.7. The molecule has 0 unspecified atom stereocenters. The largest absolute Gasteiger partial charge is 0.507 e. The summed E-state index contributed by atoms with van der Waals surface area (Å²) in [5.41, 5.74) is 0.834. The molecule has 1 heterocycles. The van der Waals surface area contributed by atoms with E-state index >= 15 is 0 Å². The van der Waals surface area contributed by atoms with Gasteiger partial charge in [-0.05, 0) is 44.1 Å². The van der Waals surface area contributed by atoms with Gasteiger partial charge < -0.3 is 9.52 Å². The highest BCUT2D eigenvalue weighted by Crippen LogP contribution is 2.27. The van der Waals surface area contributed by atoms with Crippen LogP contribution in [0.3, 0.4) is 0 Å². The second-order valence-corrected chi connectivity index (χ2v) is 5.72. The first-order valence-electron chi connectivity index (χ1n) is 8.12. The van der Waals surface area contributed by atoms with E-state index in [0.29, 0.717) is 17.7 Å². The third-order valence-electron chi connectivity index (χ3n) is 3.91. The van der Waals surface area contributed by atoms with Gasteiger partial charge in [0, 0.05) is 18.0 Å². The second-order valence-electron chi connectivity index (χ2n) is 5.72. The summed E-state index contributed by atoms with van der Waals surface area (Å²) in [6.07, 6.45) is 4.52. The zero-order valence-electron chi connectivity index (χ0n) is 13.5. The van der Waals surface area contributed by atoms with Gasteiger partial charge in [-0.15, -0.1) is 0 Å². The molecule has 0 aliphatic rings. The van der Waals surface area contributed by atoms with Gasteiger partial charge in [-0.2, -0.15) is 0 Å². The number of hydrogen-bond donors (Lipinski definition) is 1. The molecule has 22 heavy (non-hydrogen) atoms. The Morgan fingerprint density at radius 3 is 2.32 bits per heavy atom. The van der Waals surface area contributed by atoms with Crippen LogP contribution in [-0.4, -0.2) is 23.1 Å². The Bertz CT molecular complexity index is 655. The molecule has 0 bridgehead atoms. The normalized spacial score (nSPS) is 11.4. The fraction of sp³-hybridized carbons (Fsp3) is 0.500. The lowest BCUT2D eigenvalue weighted by atomic mass is 10.1. The molecule has 1 aromatic heterocycles. The minimum absolute atomic E-state index is 0.194. The molecule has 0 atom stereocenters. The molecule has 1 N–H and O–H groups in total. The van der Waals surface area contributed by atoms with Crippen LogP contribution in [0.15, 0.2) is 33.5 Å². The third kappa shape index (κ3) is 4.10. The van der Waals surface area contributed by atoms with E-state index in [4.69, 9.17) is 4.42 Å². The van der Waals surface area contributed by atoms with Gasteiger partial charge in [0.05, 0.1) is 5.56 Å². The van der Waals surface area contributed by atoms with Gasteiger partial charge in [0.1, 0.15) is 11.3 Å². The summed E-state index contributed by atoms with van der Waals surface area (Å²) >= 11 is 0. The number of unbranched alkanes of at least 4 members (excludes halogenated alkanes) is 2. The van der Waals surface area contributed by atoms with Crippen LogP contribution in [0.1, 0.15) is 45.1 Å². The Labute approximate surface area is 131 Å². The molecule has 1 aromatic carbocycles. The summed E-state index contributed by atoms with van der Waals surface area (Å²) in [4.78, 5) is 13.8. The fourth-order valence-electron chi connectivity index (χ4n) is 2.59. The molecule has 0 amide bonds. The van der Waals surface area contributed by atoms with Gasteiger partial charge in [-0.3, -0.25) is 4.90 Å². The first kappa shape index (κ1) is 16.6. The van der Waals surface area contributed by atoms with Gasteiger partial charge >= 0.3 is 5.63 Å². The maximum Gasteiger partial charge on any atom is 0.336 e. The van der Waals surface area contributed by atoms with Crippen molar-refractivity contribution in [2.24, 2.45) is 0 Å². The van der Waals surface area contributed by atoms with Crippen LogP contribution in [0, 0.1) is 0 Å². The fourth-order valence-corrected chi connectivity index (χ4v) is 2.59. The number of nitrogens with zero attached hydrogens (tertiary/aromatic N) is 1. The monoisotopic (exact) mass is 303 g/mol. The van der Waals surface area contributed by atoms with Crippen molar-refractivity contribution in [3.05, 3.63) is 40.2 Å². The molecule has 2 aromatic rings. The van der Waals surface area contributed by atoms with E-state index in [9.17, 15) is 9.90 Å². The zero-order chi connectivity index (χ0) is 15.9. The molecule has 0 radical (unpaired) electrons. The van der Waals surface area contributed by atoms with Crippen molar-refractivity contribution in [2.45, 2.75) is 46.1 Å². The lowest BCUT2D eigenvalue weighted by Crippen LogP contribution is -2.25. The summed E-state index contributed by atoms with van der Waals surface area (Å²) in [6, 6.07) is 6.61. The predicted molar refractivity (Wildman–Crippen MR) is 89.2 cm³/mol. The molecule has 0 saturated carbocycles. The molecule has 4 nitrogen and oxygen atoms in total. The van der Waals surface area contributed by atoms with Gasteiger partial charge in [0.25, 0.3) is 0 Å². The SMILES string of the molecule is CCCCN(CCCC)Cc1c(O)ccc2ccc(=O)oc12. The molecular weight excluding hydrogens is 278 g/mol. The minimum atomic E-state index is -0.381. The van der Waals surface area contributed by atoms with Gasteiger partial charge in [-0.1, -0.05) is 26.7 Å². The van der Waals surface area contributed by atoms with E-state index in [-0.39, 0.29) is 11.4 Å². The van der Waals surface area contributed by atoms with Crippen molar-refractivity contribution < 1.29 is 9.52 Å². The average Bonchev–Trinajstić information content (AvgIpc) is 2.52.